The minimum Gasteiger partial charge on any atom is -0.478 e. The van der Waals surface area contributed by atoms with E-state index in [9.17, 15) is 19.5 Å². The van der Waals surface area contributed by atoms with E-state index in [0.29, 0.717) is 24.9 Å². The van der Waals surface area contributed by atoms with Crippen molar-refractivity contribution < 1.29 is 19.4 Å². The number of anilines is 1. The highest BCUT2D eigenvalue weighted by Gasteiger charge is 2.33. The Morgan fingerprint density at radius 3 is 2.35 bits per heavy atom. The zero-order valence-corrected chi connectivity index (χ0v) is 16.6. The number of rotatable bonds is 3. The third kappa shape index (κ3) is 3.09. The van der Waals surface area contributed by atoms with Crippen molar-refractivity contribution in [1.29, 1.82) is 0 Å². The minimum atomic E-state index is -1.14. The number of aromatic nitrogens is 1. The summed E-state index contributed by atoms with van der Waals surface area (Å²) in [6.07, 6.45) is 1.52. The summed E-state index contributed by atoms with van der Waals surface area (Å²) in [5, 5.41) is 9.43. The van der Waals surface area contributed by atoms with E-state index in [-0.39, 0.29) is 23.8 Å². The lowest BCUT2D eigenvalue weighted by molar-refractivity contribution is 0.0694. The summed E-state index contributed by atoms with van der Waals surface area (Å²) in [6, 6.07) is 16.1. The molecule has 2 aliphatic rings. The van der Waals surface area contributed by atoms with Crippen molar-refractivity contribution >= 4 is 17.7 Å². The van der Waals surface area contributed by atoms with Crippen molar-refractivity contribution in [1.82, 2.24) is 4.98 Å². The van der Waals surface area contributed by atoms with E-state index in [2.05, 4.69) is 17.1 Å². The molecular weight excluding hydrogens is 396 g/mol. The molecule has 31 heavy (non-hydrogen) atoms. The van der Waals surface area contributed by atoms with Crippen LogP contribution in [0.25, 0.3) is 11.1 Å². The van der Waals surface area contributed by atoms with E-state index < -0.39 is 17.6 Å². The van der Waals surface area contributed by atoms with Gasteiger partial charge in [-0.1, -0.05) is 48.5 Å². The lowest BCUT2D eigenvalue weighted by Crippen LogP contribution is -2.41. The van der Waals surface area contributed by atoms with Crippen molar-refractivity contribution in [3.05, 3.63) is 87.3 Å². The second-order valence-electron chi connectivity index (χ2n) is 7.72. The summed E-state index contributed by atoms with van der Waals surface area (Å²) < 4.78 is 5.68. The van der Waals surface area contributed by atoms with Gasteiger partial charge < -0.3 is 14.8 Å². The fourth-order valence-electron chi connectivity index (χ4n) is 4.67. The molecule has 0 bridgehead atoms. The number of pyridine rings is 1. The Morgan fingerprint density at radius 2 is 1.71 bits per heavy atom. The van der Waals surface area contributed by atoms with Gasteiger partial charge in [-0.2, -0.15) is 0 Å². The number of hydrogen-bond donors (Lipinski definition) is 2. The number of fused-ring (bicyclic) bond motifs is 4. The van der Waals surface area contributed by atoms with Gasteiger partial charge in [0.25, 0.3) is 5.56 Å². The summed E-state index contributed by atoms with van der Waals surface area (Å²) in [4.78, 5) is 40.7. The molecule has 1 aliphatic heterocycles. The Bertz CT molecular complexity index is 1220. The number of amides is 1. The van der Waals surface area contributed by atoms with E-state index in [0.717, 1.165) is 22.3 Å². The second-order valence-corrected chi connectivity index (χ2v) is 7.72. The summed E-state index contributed by atoms with van der Waals surface area (Å²) in [5.74, 6) is -1.23. The first-order chi connectivity index (χ1) is 15.1. The van der Waals surface area contributed by atoms with Gasteiger partial charge in [0.1, 0.15) is 12.3 Å². The molecule has 7 nitrogen and oxygen atoms in total. The zero-order chi connectivity index (χ0) is 21.5. The maximum Gasteiger partial charge on any atom is 0.414 e. The van der Waals surface area contributed by atoms with Crippen LogP contribution in [0.5, 0.6) is 0 Å². The highest BCUT2D eigenvalue weighted by Crippen LogP contribution is 2.44. The van der Waals surface area contributed by atoms with Crippen molar-refractivity contribution in [3.63, 3.8) is 0 Å². The van der Waals surface area contributed by atoms with Gasteiger partial charge in [-0.15, -0.1) is 0 Å². The molecule has 0 saturated heterocycles. The number of H-pyrrole nitrogens is 1. The maximum absolute atomic E-state index is 13.0. The summed E-state index contributed by atoms with van der Waals surface area (Å²) in [5.41, 5.74) is 4.41. The summed E-state index contributed by atoms with van der Waals surface area (Å²) in [7, 11) is 0. The smallest absolute Gasteiger partial charge is 0.414 e. The number of carboxylic acid groups (broad SMARTS) is 1. The Balaban J connectivity index is 1.43. The zero-order valence-electron chi connectivity index (χ0n) is 16.6. The second kappa shape index (κ2) is 7.43. The number of nitrogens with zero attached hydrogens (tertiary/aromatic N) is 1. The average Bonchev–Trinajstić information content (AvgIpc) is 3.11. The van der Waals surface area contributed by atoms with E-state index >= 15 is 0 Å². The van der Waals surface area contributed by atoms with Crippen LogP contribution in [-0.4, -0.2) is 35.3 Å². The fourth-order valence-corrected chi connectivity index (χ4v) is 4.67. The Hall–Kier alpha value is -3.87. The number of benzene rings is 2. The van der Waals surface area contributed by atoms with Crippen LogP contribution in [0.15, 0.2) is 59.5 Å². The standard InChI is InChI=1S/C24H20N2O5/c27-22-21-18(19(12-25-22)23(28)29)10-5-11-26(21)24(30)31-13-20-16-8-3-1-6-14(16)15-7-2-4-9-17(15)20/h1-4,6-9,12,20H,5,10-11,13H2,(H,25,27)(H,28,29). The molecular formula is C24H20N2O5. The Kier molecular flexibility index (Phi) is 4.58. The highest BCUT2D eigenvalue weighted by molar-refractivity contribution is 5.95. The molecule has 7 heteroatoms. The number of ether oxygens (including phenoxy) is 1. The lowest BCUT2D eigenvalue weighted by atomic mass is 9.98. The monoisotopic (exact) mass is 416 g/mol. The van der Waals surface area contributed by atoms with Gasteiger partial charge in [0.15, 0.2) is 0 Å². The van der Waals surface area contributed by atoms with Gasteiger partial charge in [0.2, 0.25) is 0 Å². The van der Waals surface area contributed by atoms with Crippen molar-refractivity contribution in [2.75, 3.05) is 18.1 Å². The summed E-state index contributed by atoms with van der Waals surface area (Å²) >= 11 is 0. The molecule has 0 atom stereocenters. The van der Waals surface area contributed by atoms with Crippen LogP contribution in [0.2, 0.25) is 0 Å². The molecule has 0 spiro atoms. The molecule has 156 valence electrons. The largest absolute Gasteiger partial charge is 0.478 e. The molecule has 1 aromatic heterocycles. The lowest BCUT2D eigenvalue weighted by Gasteiger charge is -2.29. The Morgan fingerprint density at radius 1 is 1.06 bits per heavy atom. The third-order valence-electron chi connectivity index (χ3n) is 6.04. The molecule has 0 saturated carbocycles. The van der Waals surface area contributed by atoms with E-state index in [1.165, 1.54) is 11.1 Å². The molecule has 0 fully saturated rings. The number of hydrogen-bond acceptors (Lipinski definition) is 4. The number of carbonyl (C=O) groups excluding carboxylic acids is 1. The molecule has 0 radical (unpaired) electrons. The maximum atomic E-state index is 13.0. The first-order valence-corrected chi connectivity index (χ1v) is 10.2. The minimum absolute atomic E-state index is 0.00532. The molecule has 2 heterocycles. The van der Waals surface area contributed by atoms with Gasteiger partial charge in [-0.3, -0.25) is 9.69 Å². The molecule has 1 amide bonds. The number of aromatic amines is 1. The van der Waals surface area contributed by atoms with Gasteiger partial charge in [0.05, 0.1) is 5.56 Å². The third-order valence-corrected chi connectivity index (χ3v) is 6.04. The number of aromatic carboxylic acids is 1. The molecule has 1 aliphatic carbocycles. The number of carboxylic acids is 1. The number of carbonyl (C=O) groups is 2. The quantitative estimate of drug-likeness (QED) is 0.677. The van der Waals surface area contributed by atoms with Crippen molar-refractivity contribution in [3.8, 4) is 11.1 Å². The molecule has 2 N–H and O–H groups in total. The molecule has 5 rings (SSSR count). The first-order valence-electron chi connectivity index (χ1n) is 10.2. The van der Waals surface area contributed by atoms with Crippen LogP contribution in [-0.2, 0) is 11.2 Å². The Labute approximate surface area is 177 Å². The SMILES string of the molecule is O=C(O)c1c[nH]c(=O)c2c1CCCN2C(=O)OCC1c2ccccc2-c2ccccc21. The van der Waals surface area contributed by atoms with Crippen LogP contribution in [0, 0.1) is 0 Å². The van der Waals surface area contributed by atoms with Crippen LogP contribution in [0.3, 0.4) is 0 Å². The average molecular weight is 416 g/mol. The van der Waals surface area contributed by atoms with Crippen molar-refractivity contribution in [2.45, 2.75) is 18.8 Å². The normalized spacial score (nSPS) is 14.5. The van der Waals surface area contributed by atoms with Crippen LogP contribution in [0.4, 0.5) is 10.5 Å². The summed E-state index contributed by atoms with van der Waals surface area (Å²) in [6.45, 7) is 0.436. The predicted molar refractivity (Wildman–Crippen MR) is 115 cm³/mol. The fraction of sp³-hybridized carbons (Fsp3) is 0.208. The first kappa shape index (κ1) is 19.1. The van der Waals surface area contributed by atoms with Crippen LogP contribution >= 0.6 is 0 Å². The number of nitrogens with one attached hydrogen (secondary N) is 1. The molecule has 3 aromatic rings. The van der Waals surface area contributed by atoms with Gasteiger partial charge in [-0.25, -0.2) is 9.59 Å². The van der Waals surface area contributed by atoms with Gasteiger partial charge in [-0.05, 0) is 40.7 Å². The van der Waals surface area contributed by atoms with Gasteiger partial charge in [0, 0.05) is 18.7 Å². The van der Waals surface area contributed by atoms with Crippen molar-refractivity contribution in [2.24, 2.45) is 0 Å². The van der Waals surface area contributed by atoms with Crippen LogP contribution < -0.4 is 10.5 Å². The van der Waals surface area contributed by atoms with E-state index in [1.807, 2.05) is 36.4 Å². The van der Waals surface area contributed by atoms with E-state index in [1.54, 1.807) is 0 Å². The molecule has 2 aromatic carbocycles. The highest BCUT2D eigenvalue weighted by atomic mass is 16.6. The topological polar surface area (TPSA) is 99.7 Å². The molecule has 0 unspecified atom stereocenters. The predicted octanol–water partition coefficient (Wildman–Crippen LogP) is 3.77. The van der Waals surface area contributed by atoms with Gasteiger partial charge >= 0.3 is 12.1 Å². The van der Waals surface area contributed by atoms with E-state index in [4.69, 9.17) is 4.74 Å². The van der Waals surface area contributed by atoms with Crippen LogP contribution in [0.1, 0.15) is 39.4 Å².